The van der Waals surface area contributed by atoms with Crippen molar-refractivity contribution in [3.8, 4) is 0 Å². The van der Waals surface area contributed by atoms with Crippen LogP contribution < -0.4 is 5.32 Å². The van der Waals surface area contributed by atoms with Gasteiger partial charge in [0.15, 0.2) is 0 Å². The molecule has 17 heavy (non-hydrogen) atoms. The van der Waals surface area contributed by atoms with E-state index in [0.29, 0.717) is 11.8 Å². The van der Waals surface area contributed by atoms with Crippen molar-refractivity contribution in [3.05, 3.63) is 35.4 Å². The molecule has 1 atom stereocenters. The van der Waals surface area contributed by atoms with E-state index < -0.39 is 11.7 Å². The summed E-state index contributed by atoms with van der Waals surface area (Å²) in [6.45, 7) is 3.55. The van der Waals surface area contributed by atoms with Gasteiger partial charge in [-0.05, 0) is 24.0 Å². The molecule has 0 aliphatic carbocycles. The summed E-state index contributed by atoms with van der Waals surface area (Å²) in [6.07, 6.45) is -2.22. The first-order valence-electron chi connectivity index (χ1n) is 5.33. The molecule has 1 aromatic carbocycles. The highest BCUT2D eigenvalue weighted by Crippen LogP contribution is 2.28. The Morgan fingerprint density at radius 3 is 2.29 bits per heavy atom. The summed E-state index contributed by atoms with van der Waals surface area (Å²) in [5.41, 5.74) is 0.269. The highest BCUT2D eigenvalue weighted by atomic mass is 32.2. The molecule has 0 bridgehead atoms. The van der Waals surface area contributed by atoms with E-state index in [4.69, 9.17) is 0 Å². The molecule has 1 rings (SSSR count). The van der Waals surface area contributed by atoms with Gasteiger partial charge in [0.1, 0.15) is 0 Å². The van der Waals surface area contributed by atoms with Crippen LogP contribution in [-0.2, 0) is 12.7 Å². The molecule has 0 fully saturated rings. The second kappa shape index (κ2) is 6.31. The normalized spacial score (nSPS) is 13.7. The molecule has 0 aliphatic heterocycles. The third-order valence-corrected chi connectivity index (χ3v) is 3.42. The average Bonchev–Trinajstić information content (AvgIpc) is 2.28. The molecule has 0 saturated heterocycles. The summed E-state index contributed by atoms with van der Waals surface area (Å²) < 4.78 is 36.9. The van der Waals surface area contributed by atoms with Crippen molar-refractivity contribution in [1.82, 2.24) is 5.32 Å². The average molecular weight is 263 g/mol. The molecule has 1 nitrogen and oxygen atoms in total. The minimum atomic E-state index is -4.25. The topological polar surface area (TPSA) is 12.0 Å². The zero-order chi connectivity index (χ0) is 12.9. The van der Waals surface area contributed by atoms with Gasteiger partial charge in [0, 0.05) is 18.3 Å². The smallest absolute Gasteiger partial charge is 0.312 e. The number of halogens is 3. The van der Waals surface area contributed by atoms with Gasteiger partial charge in [-0.25, -0.2) is 0 Å². The van der Waals surface area contributed by atoms with E-state index in [2.05, 4.69) is 12.2 Å². The fraction of sp³-hybridized carbons (Fsp3) is 0.500. The maximum atomic E-state index is 12.3. The molecule has 0 spiro atoms. The zero-order valence-electron chi connectivity index (χ0n) is 9.84. The van der Waals surface area contributed by atoms with Crippen LogP contribution in [0.25, 0.3) is 0 Å². The van der Waals surface area contributed by atoms with Crippen molar-refractivity contribution in [2.75, 3.05) is 12.8 Å². The van der Waals surface area contributed by atoms with Crippen LogP contribution in [0.1, 0.15) is 18.1 Å². The second-order valence-corrected chi connectivity index (χ2v) is 5.15. The van der Waals surface area contributed by atoms with Gasteiger partial charge in [-0.1, -0.05) is 19.1 Å². The van der Waals surface area contributed by atoms with Crippen LogP contribution in [0.4, 0.5) is 13.2 Å². The van der Waals surface area contributed by atoms with E-state index in [-0.39, 0.29) is 0 Å². The SMILES string of the molecule is CSC(C)CNCc1ccc(C(F)(F)F)cc1. The fourth-order valence-electron chi connectivity index (χ4n) is 1.31. The number of alkyl halides is 3. The lowest BCUT2D eigenvalue weighted by Gasteiger charge is -2.11. The van der Waals surface area contributed by atoms with Gasteiger partial charge in [0.05, 0.1) is 5.56 Å². The number of hydrogen-bond donors (Lipinski definition) is 1. The quantitative estimate of drug-likeness (QED) is 0.872. The lowest BCUT2D eigenvalue weighted by atomic mass is 10.1. The van der Waals surface area contributed by atoms with Crippen LogP contribution in [0, 0.1) is 0 Å². The third-order valence-electron chi connectivity index (χ3n) is 2.44. The van der Waals surface area contributed by atoms with Gasteiger partial charge in [-0.2, -0.15) is 24.9 Å². The van der Waals surface area contributed by atoms with E-state index in [0.717, 1.165) is 24.2 Å². The molecule has 0 amide bonds. The van der Waals surface area contributed by atoms with Crippen LogP contribution in [-0.4, -0.2) is 18.1 Å². The number of thioether (sulfide) groups is 1. The Hall–Kier alpha value is -0.680. The molecular formula is C12H16F3NS. The van der Waals surface area contributed by atoms with Crippen LogP contribution in [0.15, 0.2) is 24.3 Å². The van der Waals surface area contributed by atoms with Crippen molar-refractivity contribution in [2.24, 2.45) is 0 Å². The maximum absolute atomic E-state index is 12.3. The second-order valence-electron chi connectivity index (χ2n) is 3.87. The standard InChI is InChI=1S/C12H16F3NS/c1-9(17-2)7-16-8-10-3-5-11(6-4-10)12(13,14)15/h3-6,9,16H,7-8H2,1-2H3. The Morgan fingerprint density at radius 1 is 1.24 bits per heavy atom. The lowest BCUT2D eigenvalue weighted by Crippen LogP contribution is -2.22. The van der Waals surface area contributed by atoms with Gasteiger partial charge in [-0.3, -0.25) is 0 Å². The summed E-state index contributed by atoms with van der Waals surface area (Å²) in [5.74, 6) is 0. The van der Waals surface area contributed by atoms with Crippen molar-refractivity contribution in [2.45, 2.75) is 24.9 Å². The summed E-state index contributed by atoms with van der Waals surface area (Å²) in [6, 6.07) is 5.27. The summed E-state index contributed by atoms with van der Waals surface area (Å²) in [7, 11) is 0. The molecule has 0 aliphatic rings. The molecule has 96 valence electrons. The van der Waals surface area contributed by atoms with E-state index in [9.17, 15) is 13.2 Å². The van der Waals surface area contributed by atoms with Crippen LogP contribution in [0.5, 0.6) is 0 Å². The van der Waals surface area contributed by atoms with Crippen molar-refractivity contribution in [1.29, 1.82) is 0 Å². The largest absolute Gasteiger partial charge is 0.416 e. The summed E-state index contributed by atoms with van der Waals surface area (Å²) in [5, 5.41) is 3.71. The maximum Gasteiger partial charge on any atom is 0.416 e. The van der Waals surface area contributed by atoms with E-state index in [1.165, 1.54) is 12.1 Å². The minimum absolute atomic E-state index is 0.504. The number of hydrogen-bond acceptors (Lipinski definition) is 2. The fourth-order valence-corrected chi connectivity index (χ4v) is 1.60. The molecule has 0 radical (unpaired) electrons. The molecule has 1 unspecified atom stereocenters. The third kappa shape index (κ3) is 5.00. The van der Waals surface area contributed by atoms with Gasteiger partial charge >= 0.3 is 6.18 Å². The highest BCUT2D eigenvalue weighted by Gasteiger charge is 2.29. The molecular weight excluding hydrogens is 247 g/mol. The predicted molar refractivity (Wildman–Crippen MR) is 66.1 cm³/mol. The Labute approximate surface area is 104 Å². The van der Waals surface area contributed by atoms with Gasteiger partial charge in [-0.15, -0.1) is 0 Å². The van der Waals surface area contributed by atoms with Crippen molar-refractivity contribution < 1.29 is 13.2 Å². The van der Waals surface area contributed by atoms with Crippen LogP contribution in [0.3, 0.4) is 0 Å². The van der Waals surface area contributed by atoms with Crippen LogP contribution in [0.2, 0.25) is 0 Å². The number of nitrogens with one attached hydrogen (secondary N) is 1. The highest BCUT2D eigenvalue weighted by molar-refractivity contribution is 7.99. The zero-order valence-corrected chi connectivity index (χ0v) is 10.7. The Balaban J connectivity index is 2.46. The molecule has 0 aromatic heterocycles. The Morgan fingerprint density at radius 2 is 1.82 bits per heavy atom. The molecule has 5 heteroatoms. The van der Waals surface area contributed by atoms with Gasteiger partial charge < -0.3 is 5.32 Å². The van der Waals surface area contributed by atoms with E-state index >= 15 is 0 Å². The van der Waals surface area contributed by atoms with E-state index in [1.54, 1.807) is 11.8 Å². The van der Waals surface area contributed by atoms with E-state index in [1.807, 2.05) is 6.26 Å². The molecule has 1 aromatic rings. The summed E-state index contributed by atoms with van der Waals surface area (Å²) >= 11 is 1.75. The predicted octanol–water partition coefficient (Wildman–Crippen LogP) is 3.55. The van der Waals surface area contributed by atoms with Crippen LogP contribution >= 0.6 is 11.8 Å². The number of rotatable bonds is 5. The first kappa shape index (κ1) is 14.4. The minimum Gasteiger partial charge on any atom is -0.312 e. The lowest BCUT2D eigenvalue weighted by molar-refractivity contribution is -0.137. The first-order chi connectivity index (χ1) is 7.93. The van der Waals surface area contributed by atoms with Gasteiger partial charge in [0.2, 0.25) is 0 Å². The Bertz CT molecular complexity index is 335. The Kier molecular flexibility index (Phi) is 5.33. The molecule has 1 N–H and O–H groups in total. The van der Waals surface area contributed by atoms with Crippen molar-refractivity contribution in [3.63, 3.8) is 0 Å². The molecule has 0 saturated carbocycles. The van der Waals surface area contributed by atoms with Crippen molar-refractivity contribution >= 4 is 11.8 Å². The monoisotopic (exact) mass is 263 g/mol. The number of benzene rings is 1. The summed E-state index contributed by atoms with van der Waals surface area (Å²) in [4.78, 5) is 0. The first-order valence-corrected chi connectivity index (χ1v) is 6.62. The molecule has 0 heterocycles. The van der Waals surface area contributed by atoms with Gasteiger partial charge in [0.25, 0.3) is 0 Å².